The van der Waals surface area contributed by atoms with Crippen molar-refractivity contribution >= 4 is 16.7 Å². The first-order chi connectivity index (χ1) is 14.0. The summed E-state index contributed by atoms with van der Waals surface area (Å²) in [7, 11) is 0. The van der Waals surface area contributed by atoms with Crippen molar-refractivity contribution in [3.63, 3.8) is 0 Å². The van der Waals surface area contributed by atoms with E-state index in [0.29, 0.717) is 18.7 Å². The van der Waals surface area contributed by atoms with Gasteiger partial charge in [0.15, 0.2) is 5.78 Å². The first-order valence-electron chi connectivity index (χ1n) is 9.62. The van der Waals surface area contributed by atoms with Gasteiger partial charge in [-0.05, 0) is 49.2 Å². The number of aromatic nitrogens is 1. The Kier molecular flexibility index (Phi) is 5.17. The van der Waals surface area contributed by atoms with Crippen molar-refractivity contribution in [2.45, 2.75) is 20.4 Å². The Hall–Kier alpha value is -3.40. The van der Waals surface area contributed by atoms with Gasteiger partial charge in [0, 0.05) is 22.7 Å². The lowest BCUT2D eigenvalue weighted by Gasteiger charge is -2.11. The molecule has 3 nitrogen and oxygen atoms in total. The van der Waals surface area contributed by atoms with Gasteiger partial charge < -0.3 is 9.30 Å². The van der Waals surface area contributed by atoms with Gasteiger partial charge in [0.2, 0.25) is 0 Å². The Labute approximate surface area is 169 Å². The van der Waals surface area contributed by atoms with E-state index < -0.39 is 5.82 Å². The quantitative estimate of drug-likeness (QED) is 0.397. The zero-order valence-corrected chi connectivity index (χ0v) is 16.5. The van der Waals surface area contributed by atoms with Crippen LogP contribution in [0.1, 0.15) is 27.0 Å². The van der Waals surface area contributed by atoms with Crippen LogP contribution in [0.5, 0.6) is 5.75 Å². The standard InChI is InChI=1S/C25H22FNO2/c1-17-11-12-18(2)24(15-17)29-14-13-27-16-21(19-7-4-6-10-23(19)27)25(28)20-8-3-5-9-22(20)26/h3-12,15-16H,13-14H2,1-2H3. The molecule has 0 spiro atoms. The van der Waals surface area contributed by atoms with Crippen LogP contribution >= 0.6 is 0 Å². The molecular weight excluding hydrogens is 365 g/mol. The third-order valence-electron chi connectivity index (χ3n) is 5.09. The smallest absolute Gasteiger partial charge is 0.198 e. The molecule has 0 aliphatic rings. The summed E-state index contributed by atoms with van der Waals surface area (Å²) in [5, 5.41) is 0.812. The van der Waals surface area contributed by atoms with Gasteiger partial charge in [0.25, 0.3) is 0 Å². The maximum absolute atomic E-state index is 14.1. The predicted molar refractivity (Wildman–Crippen MR) is 113 cm³/mol. The van der Waals surface area contributed by atoms with E-state index in [1.165, 1.54) is 12.1 Å². The molecule has 0 saturated carbocycles. The van der Waals surface area contributed by atoms with Gasteiger partial charge in [-0.25, -0.2) is 4.39 Å². The van der Waals surface area contributed by atoms with Crippen LogP contribution in [0.4, 0.5) is 4.39 Å². The Morgan fingerprint density at radius 3 is 2.55 bits per heavy atom. The molecule has 4 heteroatoms. The fraction of sp³-hybridized carbons (Fsp3) is 0.160. The molecule has 1 aromatic heterocycles. The minimum Gasteiger partial charge on any atom is -0.491 e. The number of para-hydroxylation sites is 1. The zero-order chi connectivity index (χ0) is 20.4. The summed E-state index contributed by atoms with van der Waals surface area (Å²) in [6.07, 6.45) is 1.80. The molecule has 0 unspecified atom stereocenters. The predicted octanol–water partition coefficient (Wildman–Crippen LogP) is 5.71. The number of ether oxygens (including phenoxy) is 1. The number of halogens is 1. The van der Waals surface area contributed by atoms with E-state index in [9.17, 15) is 9.18 Å². The van der Waals surface area contributed by atoms with Crippen LogP contribution < -0.4 is 4.74 Å². The first-order valence-corrected chi connectivity index (χ1v) is 9.62. The summed E-state index contributed by atoms with van der Waals surface area (Å²) >= 11 is 0. The normalized spacial score (nSPS) is 11.0. The highest BCUT2D eigenvalue weighted by molar-refractivity contribution is 6.16. The maximum Gasteiger partial charge on any atom is 0.198 e. The van der Waals surface area contributed by atoms with E-state index in [1.807, 2.05) is 54.8 Å². The van der Waals surface area contributed by atoms with Crippen LogP contribution in [0.15, 0.2) is 72.9 Å². The molecule has 29 heavy (non-hydrogen) atoms. The van der Waals surface area contributed by atoms with Crippen LogP contribution in [0.3, 0.4) is 0 Å². The van der Waals surface area contributed by atoms with Gasteiger partial charge >= 0.3 is 0 Å². The highest BCUT2D eigenvalue weighted by atomic mass is 19.1. The van der Waals surface area contributed by atoms with E-state index in [-0.39, 0.29) is 11.3 Å². The molecule has 4 aromatic rings. The number of hydrogen-bond acceptors (Lipinski definition) is 2. The summed E-state index contributed by atoms with van der Waals surface area (Å²) in [4.78, 5) is 13.0. The van der Waals surface area contributed by atoms with Gasteiger partial charge in [-0.2, -0.15) is 0 Å². The number of carbonyl (C=O) groups is 1. The summed E-state index contributed by atoms with van der Waals surface area (Å²) in [6, 6.07) is 19.9. The van der Waals surface area contributed by atoms with Crippen molar-refractivity contribution in [3.8, 4) is 5.75 Å². The lowest BCUT2D eigenvalue weighted by molar-refractivity contribution is 0.103. The Balaban J connectivity index is 1.62. The number of rotatable bonds is 6. The SMILES string of the molecule is Cc1ccc(C)c(OCCn2cc(C(=O)c3ccccc3F)c3ccccc32)c1. The molecule has 0 aliphatic carbocycles. The van der Waals surface area contributed by atoms with Crippen LogP contribution in [0.2, 0.25) is 0 Å². The Bertz CT molecular complexity index is 1190. The van der Waals surface area contributed by atoms with Crippen molar-refractivity contribution in [3.05, 3.63) is 101 Å². The van der Waals surface area contributed by atoms with Crippen LogP contribution in [-0.2, 0) is 6.54 Å². The zero-order valence-electron chi connectivity index (χ0n) is 16.5. The third-order valence-corrected chi connectivity index (χ3v) is 5.09. The summed E-state index contributed by atoms with van der Waals surface area (Å²) in [5.41, 5.74) is 3.74. The van der Waals surface area contributed by atoms with Crippen LogP contribution in [0.25, 0.3) is 10.9 Å². The van der Waals surface area contributed by atoms with Crippen molar-refractivity contribution in [1.82, 2.24) is 4.57 Å². The van der Waals surface area contributed by atoms with E-state index in [1.54, 1.807) is 18.3 Å². The van der Waals surface area contributed by atoms with E-state index in [2.05, 4.69) is 6.07 Å². The van der Waals surface area contributed by atoms with Crippen molar-refractivity contribution in [1.29, 1.82) is 0 Å². The fourth-order valence-electron chi connectivity index (χ4n) is 3.52. The molecule has 0 amide bonds. The Morgan fingerprint density at radius 1 is 0.966 bits per heavy atom. The second kappa shape index (κ2) is 7.92. The van der Waals surface area contributed by atoms with E-state index >= 15 is 0 Å². The summed E-state index contributed by atoms with van der Waals surface area (Å²) in [5.74, 6) is 0.0465. The average Bonchev–Trinajstić information content (AvgIpc) is 3.09. The molecule has 3 aromatic carbocycles. The molecule has 4 rings (SSSR count). The van der Waals surface area contributed by atoms with E-state index in [4.69, 9.17) is 4.74 Å². The molecule has 0 N–H and O–H groups in total. The molecule has 0 bridgehead atoms. The van der Waals surface area contributed by atoms with Gasteiger partial charge in [0.05, 0.1) is 12.1 Å². The van der Waals surface area contributed by atoms with Gasteiger partial charge in [-0.3, -0.25) is 4.79 Å². The van der Waals surface area contributed by atoms with Gasteiger partial charge in [-0.1, -0.05) is 42.5 Å². The fourth-order valence-corrected chi connectivity index (χ4v) is 3.52. The minimum atomic E-state index is -0.507. The number of fused-ring (bicyclic) bond motifs is 1. The van der Waals surface area contributed by atoms with Gasteiger partial charge in [-0.15, -0.1) is 0 Å². The number of benzene rings is 3. The summed E-state index contributed by atoms with van der Waals surface area (Å²) in [6.45, 7) is 5.10. The minimum absolute atomic E-state index is 0.0852. The molecule has 0 atom stereocenters. The maximum atomic E-state index is 14.1. The highest BCUT2D eigenvalue weighted by Gasteiger charge is 2.19. The molecule has 0 aliphatic heterocycles. The van der Waals surface area contributed by atoms with Crippen LogP contribution in [0, 0.1) is 19.7 Å². The Morgan fingerprint density at radius 2 is 1.72 bits per heavy atom. The molecule has 1 heterocycles. The molecule has 146 valence electrons. The van der Waals surface area contributed by atoms with Crippen molar-refractivity contribution < 1.29 is 13.9 Å². The van der Waals surface area contributed by atoms with Gasteiger partial charge in [0.1, 0.15) is 18.2 Å². The second-order valence-corrected chi connectivity index (χ2v) is 7.18. The average molecular weight is 387 g/mol. The molecular formula is C25H22FNO2. The van der Waals surface area contributed by atoms with Crippen molar-refractivity contribution in [2.24, 2.45) is 0 Å². The van der Waals surface area contributed by atoms with Crippen LogP contribution in [-0.4, -0.2) is 17.0 Å². The molecule has 0 fully saturated rings. The largest absolute Gasteiger partial charge is 0.491 e. The monoisotopic (exact) mass is 387 g/mol. The highest BCUT2D eigenvalue weighted by Crippen LogP contribution is 2.25. The molecule has 0 radical (unpaired) electrons. The second-order valence-electron chi connectivity index (χ2n) is 7.18. The number of nitrogens with zero attached hydrogens (tertiary/aromatic N) is 1. The number of hydrogen-bond donors (Lipinski definition) is 0. The molecule has 0 saturated heterocycles. The van der Waals surface area contributed by atoms with Crippen molar-refractivity contribution in [2.75, 3.05) is 6.61 Å². The number of ketones is 1. The number of aryl methyl sites for hydroxylation is 2. The summed E-state index contributed by atoms with van der Waals surface area (Å²) < 4.78 is 22.1. The topological polar surface area (TPSA) is 31.2 Å². The van der Waals surface area contributed by atoms with E-state index in [0.717, 1.165) is 27.8 Å². The lowest BCUT2D eigenvalue weighted by Crippen LogP contribution is -2.08. The third kappa shape index (κ3) is 3.79. The lowest BCUT2D eigenvalue weighted by atomic mass is 10.0. The number of carbonyl (C=O) groups excluding carboxylic acids is 1. The first kappa shape index (κ1) is 18.9.